The SMILES string of the molecule is CCC(=O)[C@H](CCCc1ccccc1)NC(C)C. The van der Waals surface area contributed by atoms with Crippen molar-refractivity contribution >= 4 is 5.78 Å². The third-order valence-corrected chi connectivity index (χ3v) is 3.07. The van der Waals surface area contributed by atoms with Crippen molar-refractivity contribution in [2.75, 3.05) is 0 Å². The maximum atomic E-state index is 11.8. The molecule has 0 bridgehead atoms. The molecule has 0 saturated heterocycles. The molecule has 1 aromatic rings. The van der Waals surface area contributed by atoms with Crippen LogP contribution in [0.25, 0.3) is 0 Å². The predicted octanol–water partition coefficient (Wildman–Crippen LogP) is 3.36. The van der Waals surface area contributed by atoms with Crippen LogP contribution >= 0.6 is 0 Å². The molecule has 0 radical (unpaired) electrons. The lowest BCUT2D eigenvalue weighted by atomic mass is 10.0. The van der Waals surface area contributed by atoms with E-state index in [-0.39, 0.29) is 6.04 Å². The first-order chi connectivity index (χ1) is 8.63. The van der Waals surface area contributed by atoms with E-state index < -0.39 is 0 Å². The zero-order valence-corrected chi connectivity index (χ0v) is 11.8. The van der Waals surface area contributed by atoms with Gasteiger partial charge in [0.1, 0.15) is 5.78 Å². The molecule has 1 rings (SSSR count). The Bertz CT molecular complexity index is 345. The number of ketones is 1. The van der Waals surface area contributed by atoms with E-state index in [1.165, 1.54) is 5.56 Å². The van der Waals surface area contributed by atoms with E-state index in [9.17, 15) is 4.79 Å². The van der Waals surface area contributed by atoms with Crippen LogP contribution in [-0.2, 0) is 11.2 Å². The van der Waals surface area contributed by atoms with Crippen molar-refractivity contribution in [2.45, 2.75) is 58.5 Å². The first kappa shape index (κ1) is 14.9. The van der Waals surface area contributed by atoms with Crippen molar-refractivity contribution in [1.82, 2.24) is 5.32 Å². The highest BCUT2D eigenvalue weighted by Crippen LogP contribution is 2.08. The lowest BCUT2D eigenvalue weighted by Gasteiger charge is -2.19. The molecule has 1 N–H and O–H groups in total. The Morgan fingerprint density at radius 2 is 1.89 bits per heavy atom. The Hall–Kier alpha value is -1.15. The van der Waals surface area contributed by atoms with Gasteiger partial charge in [0, 0.05) is 12.5 Å². The predicted molar refractivity (Wildman–Crippen MR) is 76.7 cm³/mol. The second-order valence-electron chi connectivity index (χ2n) is 5.07. The zero-order valence-electron chi connectivity index (χ0n) is 11.8. The Kier molecular flexibility index (Phi) is 6.66. The summed E-state index contributed by atoms with van der Waals surface area (Å²) in [6, 6.07) is 10.8. The topological polar surface area (TPSA) is 29.1 Å². The fraction of sp³-hybridized carbons (Fsp3) is 0.562. The highest BCUT2D eigenvalue weighted by atomic mass is 16.1. The van der Waals surface area contributed by atoms with Crippen LogP contribution in [-0.4, -0.2) is 17.9 Å². The van der Waals surface area contributed by atoms with Crippen molar-refractivity contribution in [3.8, 4) is 0 Å². The maximum Gasteiger partial charge on any atom is 0.149 e. The largest absolute Gasteiger partial charge is 0.305 e. The minimum absolute atomic E-state index is 0.0266. The Labute approximate surface area is 111 Å². The van der Waals surface area contributed by atoms with E-state index in [0.717, 1.165) is 19.3 Å². The number of carbonyl (C=O) groups excluding carboxylic acids is 1. The van der Waals surface area contributed by atoms with Crippen LogP contribution in [0.3, 0.4) is 0 Å². The van der Waals surface area contributed by atoms with Gasteiger partial charge in [-0.25, -0.2) is 0 Å². The highest BCUT2D eigenvalue weighted by Gasteiger charge is 2.16. The Morgan fingerprint density at radius 3 is 2.44 bits per heavy atom. The molecule has 0 saturated carbocycles. The van der Waals surface area contributed by atoms with Crippen LogP contribution in [0.2, 0.25) is 0 Å². The van der Waals surface area contributed by atoms with Crippen LogP contribution in [0, 0.1) is 0 Å². The molecule has 0 heterocycles. The summed E-state index contributed by atoms with van der Waals surface area (Å²) >= 11 is 0. The summed E-state index contributed by atoms with van der Waals surface area (Å²) in [5.41, 5.74) is 1.35. The number of benzene rings is 1. The third-order valence-electron chi connectivity index (χ3n) is 3.07. The second kappa shape index (κ2) is 8.04. The normalized spacial score (nSPS) is 12.7. The Morgan fingerprint density at radius 1 is 1.22 bits per heavy atom. The number of hydrogen-bond donors (Lipinski definition) is 1. The number of nitrogens with one attached hydrogen (secondary N) is 1. The summed E-state index contributed by atoms with van der Waals surface area (Å²) in [7, 11) is 0. The molecule has 0 fully saturated rings. The average Bonchev–Trinajstić information content (AvgIpc) is 2.37. The number of aryl methyl sites for hydroxylation is 1. The lowest BCUT2D eigenvalue weighted by molar-refractivity contribution is -0.121. The average molecular weight is 247 g/mol. The Balaban J connectivity index is 2.40. The van der Waals surface area contributed by atoms with Gasteiger partial charge in [-0.3, -0.25) is 4.79 Å². The summed E-state index contributed by atoms with van der Waals surface area (Å²) in [6.07, 6.45) is 3.66. The van der Waals surface area contributed by atoms with Crippen molar-refractivity contribution < 1.29 is 4.79 Å². The van der Waals surface area contributed by atoms with E-state index >= 15 is 0 Å². The van der Waals surface area contributed by atoms with Crippen LogP contribution in [0.5, 0.6) is 0 Å². The number of Topliss-reactive ketones (excluding diaryl/α,β-unsaturated/α-hetero) is 1. The summed E-state index contributed by atoms with van der Waals surface area (Å²) in [6.45, 7) is 6.12. The first-order valence-electron chi connectivity index (χ1n) is 6.96. The van der Waals surface area contributed by atoms with Gasteiger partial charge < -0.3 is 5.32 Å². The molecule has 1 atom stereocenters. The molecule has 2 heteroatoms. The van der Waals surface area contributed by atoms with Gasteiger partial charge in [-0.05, 0) is 24.8 Å². The molecule has 0 amide bonds. The van der Waals surface area contributed by atoms with Gasteiger partial charge in [0.2, 0.25) is 0 Å². The summed E-state index contributed by atoms with van der Waals surface area (Å²) in [5.74, 6) is 0.330. The van der Waals surface area contributed by atoms with Gasteiger partial charge in [0.05, 0.1) is 6.04 Å². The fourth-order valence-electron chi connectivity index (χ4n) is 2.14. The standard InChI is InChI=1S/C16H25NO/c1-4-16(18)15(17-13(2)3)12-8-11-14-9-6-5-7-10-14/h5-7,9-10,13,15,17H,4,8,11-12H2,1-3H3/t15-/m0/s1. The van der Waals surface area contributed by atoms with E-state index in [2.05, 4.69) is 43.4 Å². The molecule has 18 heavy (non-hydrogen) atoms. The molecule has 0 aliphatic carbocycles. The van der Waals surface area contributed by atoms with Crippen molar-refractivity contribution in [3.05, 3.63) is 35.9 Å². The van der Waals surface area contributed by atoms with Gasteiger partial charge in [-0.1, -0.05) is 51.1 Å². The molecular weight excluding hydrogens is 222 g/mol. The van der Waals surface area contributed by atoms with Crippen LogP contribution in [0.15, 0.2) is 30.3 Å². The van der Waals surface area contributed by atoms with E-state index in [1.807, 2.05) is 13.0 Å². The number of hydrogen-bond acceptors (Lipinski definition) is 2. The second-order valence-corrected chi connectivity index (χ2v) is 5.07. The molecule has 0 aliphatic rings. The lowest BCUT2D eigenvalue weighted by Crippen LogP contribution is -2.40. The summed E-state index contributed by atoms with van der Waals surface area (Å²) in [5, 5.41) is 3.37. The quantitative estimate of drug-likeness (QED) is 0.763. The van der Waals surface area contributed by atoms with E-state index in [0.29, 0.717) is 18.2 Å². The summed E-state index contributed by atoms with van der Waals surface area (Å²) < 4.78 is 0. The van der Waals surface area contributed by atoms with Crippen LogP contribution in [0.1, 0.15) is 45.6 Å². The monoisotopic (exact) mass is 247 g/mol. The number of rotatable bonds is 8. The van der Waals surface area contributed by atoms with Gasteiger partial charge in [0.25, 0.3) is 0 Å². The molecule has 0 unspecified atom stereocenters. The highest BCUT2D eigenvalue weighted by molar-refractivity contribution is 5.83. The van der Waals surface area contributed by atoms with E-state index in [1.54, 1.807) is 0 Å². The van der Waals surface area contributed by atoms with Gasteiger partial charge in [0.15, 0.2) is 0 Å². The minimum atomic E-state index is 0.0266. The molecule has 2 nitrogen and oxygen atoms in total. The molecular formula is C16H25NO. The minimum Gasteiger partial charge on any atom is -0.305 e. The van der Waals surface area contributed by atoms with Gasteiger partial charge >= 0.3 is 0 Å². The molecule has 1 aromatic carbocycles. The number of carbonyl (C=O) groups is 1. The molecule has 100 valence electrons. The molecule has 0 spiro atoms. The van der Waals surface area contributed by atoms with Gasteiger partial charge in [-0.15, -0.1) is 0 Å². The fourth-order valence-corrected chi connectivity index (χ4v) is 2.14. The van der Waals surface area contributed by atoms with Crippen LogP contribution < -0.4 is 5.32 Å². The first-order valence-corrected chi connectivity index (χ1v) is 6.96. The van der Waals surface area contributed by atoms with Crippen LogP contribution in [0.4, 0.5) is 0 Å². The third kappa shape index (κ3) is 5.46. The maximum absolute atomic E-state index is 11.8. The van der Waals surface area contributed by atoms with Crippen molar-refractivity contribution in [3.63, 3.8) is 0 Å². The van der Waals surface area contributed by atoms with Crippen molar-refractivity contribution in [2.24, 2.45) is 0 Å². The molecule has 0 aliphatic heterocycles. The summed E-state index contributed by atoms with van der Waals surface area (Å²) in [4.78, 5) is 11.8. The zero-order chi connectivity index (χ0) is 13.4. The smallest absolute Gasteiger partial charge is 0.149 e. The van der Waals surface area contributed by atoms with Crippen molar-refractivity contribution in [1.29, 1.82) is 0 Å². The van der Waals surface area contributed by atoms with E-state index in [4.69, 9.17) is 0 Å². The molecule has 0 aromatic heterocycles. The van der Waals surface area contributed by atoms with Gasteiger partial charge in [-0.2, -0.15) is 0 Å².